The van der Waals surface area contributed by atoms with E-state index >= 15 is 0 Å². The first-order valence-corrected chi connectivity index (χ1v) is 9.52. The number of para-hydroxylation sites is 1. The van der Waals surface area contributed by atoms with Crippen LogP contribution in [-0.4, -0.2) is 18.9 Å². The lowest BCUT2D eigenvalue weighted by atomic mass is 10.1. The molecule has 1 aliphatic rings. The molecule has 1 saturated heterocycles. The third-order valence-electron chi connectivity index (χ3n) is 4.73. The molecule has 0 bridgehead atoms. The molecule has 0 aliphatic carbocycles. The van der Waals surface area contributed by atoms with Gasteiger partial charge >= 0.3 is 0 Å². The second kappa shape index (κ2) is 8.71. The lowest BCUT2D eigenvalue weighted by Gasteiger charge is -2.14. The monoisotopic (exact) mass is 418 g/mol. The van der Waals surface area contributed by atoms with Crippen molar-refractivity contribution < 1.29 is 23.5 Å². The Labute approximate surface area is 178 Å². The summed E-state index contributed by atoms with van der Waals surface area (Å²) in [7, 11) is 1.52. The molecule has 6 nitrogen and oxygen atoms in total. The number of amides is 2. The highest BCUT2D eigenvalue weighted by Gasteiger charge is 2.34. The molecule has 2 amide bonds. The predicted molar refractivity (Wildman–Crippen MR) is 114 cm³/mol. The third kappa shape index (κ3) is 4.40. The van der Waals surface area contributed by atoms with Gasteiger partial charge in [0.15, 0.2) is 0 Å². The van der Waals surface area contributed by atoms with E-state index in [1.807, 2.05) is 6.07 Å². The number of carbonyl (C=O) groups excluding carboxylic acids is 2. The van der Waals surface area contributed by atoms with Crippen molar-refractivity contribution in [1.82, 2.24) is 5.43 Å². The van der Waals surface area contributed by atoms with Crippen molar-refractivity contribution in [2.75, 3.05) is 12.1 Å². The Kier molecular flexibility index (Phi) is 5.66. The summed E-state index contributed by atoms with van der Waals surface area (Å²) < 4.78 is 24.3. The van der Waals surface area contributed by atoms with Gasteiger partial charge in [-0.2, -0.15) is 0 Å². The van der Waals surface area contributed by atoms with E-state index in [4.69, 9.17) is 9.47 Å². The van der Waals surface area contributed by atoms with E-state index in [1.165, 1.54) is 30.3 Å². The van der Waals surface area contributed by atoms with E-state index in [0.717, 1.165) is 5.56 Å². The molecule has 1 heterocycles. The van der Waals surface area contributed by atoms with Gasteiger partial charge in [-0.05, 0) is 54.1 Å². The summed E-state index contributed by atoms with van der Waals surface area (Å²) >= 11 is 0. The van der Waals surface area contributed by atoms with Gasteiger partial charge < -0.3 is 9.47 Å². The fraction of sp³-hybridized carbons (Fsp3) is 0.0833. The second-order valence-corrected chi connectivity index (χ2v) is 6.79. The minimum absolute atomic E-state index is 0.0243. The second-order valence-electron chi connectivity index (χ2n) is 6.79. The van der Waals surface area contributed by atoms with Crippen molar-refractivity contribution in [1.29, 1.82) is 0 Å². The number of ether oxygens (including phenoxy) is 2. The third-order valence-corrected chi connectivity index (χ3v) is 4.73. The van der Waals surface area contributed by atoms with Crippen LogP contribution in [0.2, 0.25) is 0 Å². The van der Waals surface area contributed by atoms with E-state index in [1.54, 1.807) is 54.6 Å². The van der Waals surface area contributed by atoms with Crippen molar-refractivity contribution in [3.63, 3.8) is 0 Å². The van der Waals surface area contributed by atoms with Crippen LogP contribution in [0.25, 0.3) is 6.08 Å². The first-order chi connectivity index (χ1) is 15.0. The van der Waals surface area contributed by atoms with Crippen molar-refractivity contribution in [3.05, 3.63) is 95.3 Å². The van der Waals surface area contributed by atoms with Crippen LogP contribution in [0, 0.1) is 5.82 Å². The van der Waals surface area contributed by atoms with E-state index in [-0.39, 0.29) is 18.0 Å². The van der Waals surface area contributed by atoms with Gasteiger partial charge in [0.25, 0.3) is 11.8 Å². The molecule has 0 saturated carbocycles. The highest BCUT2D eigenvalue weighted by Crippen LogP contribution is 2.29. The zero-order chi connectivity index (χ0) is 21.8. The number of methoxy groups -OCH3 is 1. The first kappa shape index (κ1) is 20.2. The van der Waals surface area contributed by atoms with Crippen molar-refractivity contribution >= 4 is 23.6 Å². The quantitative estimate of drug-likeness (QED) is 0.487. The number of anilines is 1. The van der Waals surface area contributed by atoms with Gasteiger partial charge in [-0.3, -0.25) is 15.0 Å². The lowest BCUT2D eigenvalue weighted by Crippen LogP contribution is -2.35. The van der Waals surface area contributed by atoms with Gasteiger partial charge in [0.1, 0.15) is 29.5 Å². The molecule has 1 aliphatic heterocycles. The fourth-order valence-corrected chi connectivity index (χ4v) is 3.11. The van der Waals surface area contributed by atoms with Crippen LogP contribution in [0.1, 0.15) is 11.1 Å². The Hall–Kier alpha value is -4.13. The van der Waals surface area contributed by atoms with Gasteiger partial charge in [-0.15, -0.1) is 0 Å². The van der Waals surface area contributed by atoms with Crippen LogP contribution in [0.15, 0.2) is 78.4 Å². The highest BCUT2D eigenvalue weighted by molar-refractivity contribution is 6.31. The van der Waals surface area contributed by atoms with Crippen LogP contribution in [0.3, 0.4) is 0 Å². The summed E-state index contributed by atoms with van der Waals surface area (Å²) in [5.41, 5.74) is 4.39. The molecule has 0 spiro atoms. The summed E-state index contributed by atoms with van der Waals surface area (Å²) in [6.07, 6.45) is 1.48. The lowest BCUT2D eigenvalue weighted by molar-refractivity contribution is -0.117. The molecule has 31 heavy (non-hydrogen) atoms. The smallest absolute Gasteiger partial charge is 0.282 e. The highest BCUT2D eigenvalue weighted by atomic mass is 19.1. The van der Waals surface area contributed by atoms with Gasteiger partial charge in [0.2, 0.25) is 0 Å². The Morgan fingerprint density at radius 2 is 1.74 bits per heavy atom. The maximum Gasteiger partial charge on any atom is 0.282 e. The Morgan fingerprint density at radius 1 is 1.00 bits per heavy atom. The van der Waals surface area contributed by atoms with Gasteiger partial charge in [-0.1, -0.05) is 30.3 Å². The number of hydrogen-bond acceptors (Lipinski definition) is 4. The summed E-state index contributed by atoms with van der Waals surface area (Å²) in [5.74, 6) is -0.305. The van der Waals surface area contributed by atoms with Crippen molar-refractivity contribution in [2.24, 2.45) is 0 Å². The minimum Gasteiger partial charge on any atom is -0.497 e. The van der Waals surface area contributed by atoms with E-state index in [2.05, 4.69) is 5.43 Å². The van der Waals surface area contributed by atoms with Crippen LogP contribution < -0.4 is 19.9 Å². The van der Waals surface area contributed by atoms with Crippen LogP contribution >= 0.6 is 0 Å². The molecule has 3 aromatic carbocycles. The van der Waals surface area contributed by atoms with Crippen molar-refractivity contribution in [3.8, 4) is 11.5 Å². The molecule has 3 aromatic rings. The maximum atomic E-state index is 13.1. The summed E-state index contributed by atoms with van der Waals surface area (Å²) in [5, 5.41) is 1.20. The largest absolute Gasteiger partial charge is 0.497 e. The molecule has 156 valence electrons. The Bertz CT molecular complexity index is 1140. The molecular formula is C24H19FN2O4. The van der Waals surface area contributed by atoms with Crippen LogP contribution in [0.4, 0.5) is 10.1 Å². The van der Waals surface area contributed by atoms with Crippen molar-refractivity contribution in [2.45, 2.75) is 6.61 Å². The molecular weight excluding hydrogens is 399 g/mol. The SMILES string of the molecule is COc1ccc(OCc2ccc(F)cc2)c(C=C2C(=O)NN(c3ccccc3)C2=O)c1. The maximum absolute atomic E-state index is 13.1. The number of benzene rings is 3. The number of rotatable bonds is 6. The summed E-state index contributed by atoms with van der Waals surface area (Å²) in [6, 6.07) is 19.9. The normalized spacial score (nSPS) is 14.6. The van der Waals surface area contributed by atoms with E-state index < -0.39 is 11.8 Å². The number of hydrogen-bond donors (Lipinski definition) is 1. The molecule has 4 rings (SSSR count). The number of nitrogens with one attached hydrogen (secondary N) is 1. The molecule has 0 radical (unpaired) electrons. The Balaban J connectivity index is 1.63. The van der Waals surface area contributed by atoms with Crippen LogP contribution in [-0.2, 0) is 16.2 Å². The van der Waals surface area contributed by atoms with E-state index in [9.17, 15) is 14.0 Å². The fourth-order valence-electron chi connectivity index (χ4n) is 3.11. The first-order valence-electron chi connectivity index (χ1n) is 9.52. The molecule has 1 N–H and O–H groups in total. The van der Waals surface area contributed by atoms with E-state index in [0.29, 0.717) is 22.7 Å². The number of nitrogens with zero attached hydrogens (tertiary/aromatic N) is 1. The van der Waals surface area contributed by atoms with Gasteiger partial charge in [0, 0.05) is 5.56 Å². The molecule has 0 unspecified atom stereocenters. The standard InChI is InChI=1S/C24H19FN2O4/c1-30-20-11-12-22(31-15-16-7-9-18(25)10-8-16)17(13-20)14-21-23(28)26-27(24(21)29)19-5-3-2-4-6-19/h2-14H,15H2,1H3,(H,26,28). The number of hydrazine groups is 1. The number of carbonyl (C=O) groups is 2. The molecule has 0 aromatic heterocycles. The average Bonchev–Trinajstić information content (AvgIpc) is 3.08. The molecule has 7 heteroatoms. The van der Waals surface area contributed by atoms with Crippen LogP contribution in [0.5, 0.6) is 11.5 Å². The van der Waals surface area contributed by atoms with Gasteiger partial charge in [0.05, 0.1) is 12.8 Å². The van der Waals surface area contributed by atoms with Gasteiger partial charge in [-0.25, -0.2) is 9.40 Å². The average molecular weight is 418 g/mol. The zero-order valence-electron chi connectivity index (χ0n) is 16.7. The Morgan fingerprint density at radius 3 is 2.45 bits per heavy atom. The number of halogens is 1. The summed E-state index contributed by atoms with van der Waals surface area (Å²) in [4.78, 5) is 25.4. The summed E-state index contributed by atoms with van der Waals surface area (Å²) in [6.45, 7) is 0.194. The topological polar surface area (TPSA) is 67.9 Å². The molecule has 0 atom stereocenters. The zero-order valence-corrected chi connectivity index (χ0v) is 16.7. The molecule has 1 fully saturated rings. The predicted octanol–water partition coefficient (Wildman–Crippen LogP) is 3.87. The minimum atomic E-state index is -0.513.